The van der Waals surface area contributed by atoms with Gasteiger partial charge in [0.15, 0.2) is 12.1 Å². The summed E-state index contributed by atoms with van der Waals surface area (Å²) in [6.45, 7) is 3.66. The Bertz CT molecular complexity index is 894. The number of hydrogen-bond donors (Lipinski definition) is 2. The van der Waals surface area contributed by atoms with Gasteiger partial charge in [-0.2, -0.15) is 5.10 Å². The summed E-state index contributed by atoms with van der Waals surface area (Å²) in [5.41, 5.74) is 2.57. The van der Waals surface area contributed by atoms with Crippen molar-refractivity contribution in [2.75, 3.05) is 19.8 Å². The lowest BCUT2D eigenvalue weighted by Crippen LogP contribution is -2.36. The average Bonchev–Trinajstić information content (AvgIpc) is 3.64. The van der Waals surface area contributed by atoms with Crippen LogP contribution < -0.4 is 11.2 Å². The summed E-state index contributed by atoms with van der Waals surface area (Å²) in [7, 11) is 0. The molecule has 0 unspecified atom stereocenters. The van der Waals surface area contributed by atoms with E-state index in [9.17, 15) is 4.79 Å². The third kappa shape index (κ3) is 5.22. The van der Waals surface area contributed by atoms with Gasteiger partial charge in [-0.3, -0.25) is 9.79 Å². The van der Waals surface area contributed by atoms with Crippen molar-refractivity contribution in [1.29, 1.82) is 0 Å². The van der Waals surface area contributed by atoms with Crippen LogP contribution in [0.3, 0.4) is 0 Å². The van der Waals surface area contributed by atoms with Crippen LogP contribution in [0, 0.1) is 30.1 Å². The minimum absolute atomic E-state index is 0.182. The first kappa shape index (κ1) is 19.6. The van der Waals surface area contributed by atoms with Gasteiger partial charge < -0.3 is 20.6 Å². The second-order valence-electron chi connectivity index (χ2n) is 8.09. The fourth-order valence-corrected chi connectivity index (χ4v) is 3.12. The van der Waals surface area contributed by atoms with Crippen LogP contribution in [-0.2, 0) is 9.47 Å². The van der Waals surface area contributed by atoms with E-state index in [0.717, 1.165) is 24.3 Å². The second-order valence-corrected chi connectivity index (χ2v) is 8.09. The number of hydrogen-bond acceptors (Lipinski definition) is 6. The molecule has 1 aliphatic heterocycles. The third-order valence-electron chi connectivity index (χ3n) is 5.43. The molecule has 3 N–H and O–H groups in total. The summed E-state index contributed by atoms with van der Waals surface area (Å²) in [4.78, 5) is 16.8. The van der Waals surface area contributed by atoms with Crippen LogP contribution in [0.25, 0.3) is 0 Å². The number of nitrogens with one attached hydrogen (secondary N) is 1. The van der Waals surface area contributed by atoms with Gasteiger partial charge in [-0.1, -0.05) is 11.8 Å². The molecule has 29 heavy (non-hydrogen) atoms. The highest BCUT2D eigenvalue weighted by atomic mass is 16.7. The van der Waals surface area contributed by atoms with Crippen LogP contribution >= 0.6 is 0 Å². The van der Waals surface area contributed by atoms with Crippen LogP contribution in [0.15, 0.2) is 28.3 Å². The molecular formula is C22H26N4O3. The lowest BCUT2D eigenvalue weighted by molar-refractivity contribution is -0.201. The maximum Gasteiger partial charge on any atom is 0.257 e. The first-order valence-electron chi connectivity index (χ1n) is 10.0. The zero-order valence-corrected chi connectivity index (χ0v) is 16.6. The Balaban J connectivity index is 1.29. The molecule has 1 aromatic rings. The predicted octanol–water partition coefficient (Wildman–Crippen LogP) is 1.98. The number of ether oxygens (including phenoxy) is 2. The van der Waals surface area contributed by atoms with Crippen LogP contribution in [-0.4, -0.2) is 44.0 Å². The minimum Gasteiger partial charge on any atom is -0.350 e. The molecule has 7 nitrogen and oxygen atoms in total. The van der Waals surface area contributed by atoms with Crippen molar-refractivity contribution in [3.63, 3.8) is 0 Å². The van der Waals surface area contributed by atoms with E-state index >= 15 is 0 Å². The molecule has 152 valence electrons. The van der Waals surface area contributed by atoms with E-state index in [-0.39, 0.29) is 23.4 Å². The van der Waals surface area contributed by atoms with Crippen molar-refractivity contribution in [1.82, 2.24) is 5.32 Å². The zero-order valence-electron chi connectivity index (χ0n) is 16.6. The van der Waals surface area contributed by atoms with Crippen molar-refractivity contribution in [2.45, 2.75) is 38.9 Å². The quantitative estimate of drug-likeness (QED) is 0.268. The van der Waals surface area contributed by atoms with Gasteiger partial charge in [-0.05, 0) is 56.4 Å². The number of carbonyl (C=O) groups is 1. The average molecular weight is 394 g/mol. The van der Waals surface area contributed by atoms with Crippen molar-refractivity contribution in [2.24, 2.45) is 27.3 Å². The standard InChI is InChI=1S/C22H26N4O3/c1-15-10-17(5-4-16-2-3-16)6-7-18(15)21(27)25-19(26-23)11-24-12-20-28-13-22(8-9-22)14-29-20/h6-7,10-11,16,20H,2-3,8-9,12-14,23H2,1H3,(H,25,26,27). The second kappa shape index (κ2) is 8.36. The Morgan fingerprint density at radius 1 is 1.34 bits per heavy atom. The van der Waals surface area contributed by atoms with Gasteiger partial charge >= 0.3 is 0 Å². The van der Waals surface area contributed by atoms with Crippen LogP contribution in [0.1, 0.15) is 47.2 Å². The molecule has 0 radical (unpaired) electrons. The summed E-state index contributed by atoms with van der Waals surface area (Å²) in [5, 5.41) is 6.29. The summed E-state index contributed by atoms with van der Waals surface area (Å²) in [5.74, 6) is 12.2. The lowest BCUT2D eigenvalue weighted by Gasteiger charge is -2.28. The number of nitrogens with zero attached hydrogens (tertiary/aromatic N) is 2. The largest absolute Gasteiger partial charge is 0.350 e. The third-order valence-corrected chi connectivity index (χ3v) is 5.43. The van der Waals surface area contributed by atoms with Crippen LogP contribution in [0.5, 0.6) is 0 Å². The molecule has 0 bridgehead atoms. The SMILES string of the molecule is Cc1cc(C#CC2CC2)ccc1C(=O)N/C(C=NCC1OCC2(CC2)CO1)=N/N. The number of aryl methyl sites for hydroxylation is 1. The van der Waals surface area contributed by atoms with Crippen LogP contribution in [0.4, 0.5) is 0 Å². The van der Waals surface area contributed by atoms with Gasteiger partial charge in [0.1, 0.15) is 0 Å². The molecule has 1 aromatic carbocycles. The molecular weight excluding hydrogens is 368 g/mol. The zero-order chi connectivity index (χ0) is 20.3. The van der Waals surface area contributed by atoms with E-state index in [0.29, 0.717) is 18.0 Å². The molecule has 3 aliphatic rings. The maximum absolute atomic E-state index is 12.6. The van der Waals surface area contributed by atoms with Crippen molar-refractivity contribution < 1.29 is 14.3 Å². The highest BCUT2D eigenvalue weighted by Gasteiger charge is 2.46. The first-order chi connectivity index (χ1) is 14.1. The molecule has 0 atom stereocenters. The normalized spacial score (nSPS) is 21.1. The summed E-state index contributed by atoms with van der Waals surface area (Å²) in [6.07, 6.45) is 5.79. The maximum atomic E-state index is 12.6. The van der Waals surface area contributed by atoms with Gasteiger partial charge in [0.05, 0.1) is 26.0 Å². The van der Waals surface area contributed by atoms with E-state index in [2.05, 4.69) is 27.3 Å². The molecule has 1 amide bonds. The Hall–Kier alpha value is -2.69. The Morgan fingerprint density at radius 3 is 2.72 bits per heavy atom. The van der Waals surface area contributed by atoms with Gasteiger partial charge in [-0.25, -0.2) is 0 Å². The van der Waals surface area contributed by atoms with Crippen molar-refractivity contribution >= 4 is 18.0 Å². The summed E-state index contributed by atoms with van der Waals surface area (Å²) >= 11 is 0. The van der Waals surface area contributed by atoms with Gasteiger partial charge in [0.2, 0.25) is 0 Å². The van der Waals surface area contributed by atoms with E-state index in [1.165, 1.54) is 31.9 Å². The van der Waals surface area contributed by atoms with Crippen molar-refractivity contribution in [3.8, 4) is 11.8 Å². The fourth-order valence-electron chi connectivity index (χ4n) is 3.12. The predicted molar refractivity (Wildman–Crippen MR) is 111 cm³/mol. The number of hydrazone groups is 1. The number of amidine groups is 1. The van der Waals surface area contributed by atoms with Crippen molar-refractivity contribution in [3.05, 3.63) is 34.9 Å². The number of rotatable bonds is 4. The van der Waals surface area contributed by atoms with Gasteiger partial charge in [0.25, 0.3) is 5.91 Å². The number of nitrogens with two attached hydrogens (primary N) is 1. The van der Waals surface area contributed by atoms with Gasteiger partial charge in [-0.15, -0.1) is 0 Å². The molecule has 2 saturated carbocycles. The topological polar surface area (TPSA) is 98.3 Å². The molecule has 2 aliphatic carbocycles. The number of carbonyl (C=O) groups excluding carboxylic acids is 1. The van der Waals surface area contributed by atoms with E-state index < -0.39 is 0 Å². The molecule has 3 fully saturated rings. The highest BCUT2D eigenvalue weighted by Crippen LogP contribution is 2.48. The smallest absolute Gasteiger partial charge is 0.257 e. The van der Waals surface area contributed by atoms with E-state index in [1.54, 1.807) is 6.07 Å². The fraction of sp³-hybridized carbons (Fsp3) is 0.500. The Labute approximate surface area is 170 Å². The molecule has 1 spiro atoms. The van der Waals surface area contributed by atoms with Crippen LogP contribution in [0.2, 0.25) is 0 Å². The number of amides is 1. The lowest BCUT2D eigenvalue weighted by atomic mass is 10.0. The molecule has 0 aromatic heterocycles. The van der Waals surface area contributed by atoms with Gasteiger partial charge in [0, 0.05) is 22.5 Å². The molecule has 4 rings (SSSR count). The Morgan fingerprint density at radius 2 is 2.10 bits per heavy atom. The first-order valence-corrected chi connectivity index (χ1v) is 10.0. The molecule has 7 heteroatoms. The molecule has 1 saturated heterocycles. The number of benzene rings is 1. The van der Waals surface area contributed by atoms with E-state index in [1.807, 2.05) is 19.1 Å². The minimum atomic E-state index is -0.362. The summed E-state index contributed by atoms with van der Waals surface area (Å²) < 4.78 is 11.4. The monoisotopic (exact) mass is 394 g/mol. The number of aliphatic imine (C=N–C) groups is 1. The summed E-state index contributed by atoms with van der Waals surface area (Å²) in [6, 6.07) is 5.54. The molecule has 1 heterocycles. The highest BCUT2D eigenvalue weighted by molar-refractivity contribution is 6.33. The van der Waals surface area contributed by atoms with E-state index in [4.69, 9.17) is 15.3 Å². The Kier molecular flexibility index (Phi) is 5.65.